The van der Waals surface area contributed by atoms with Crippen LogP contribution in [0.5, 0.6) is 5.75 Å². The maximum Gasteiger partial charge on any atom is 0.261 e. The van der Waals surface area contributed by atoms with E-state index in [0.717, 1.165) is 49.1 Å². The second-order valence-electron chi connectivity index (χ2n) is 6.73. The highest BCUT2D eigenvalue weighted by molar-refractivity contribution is 5.77. The summed E-state index contributed by atoms with van der Waals surface area (Å²) in [5.74, 6) is 2.55. The van der Waals surface area contributed by atoms with Gasteiger partial charge in [-0.25, -0.2) is 9.97 Å². The molecule has 2 aromatic heterocycles. The van der Waals surface area contributed by atoms with Gasteiger partial charge in [0.2, 0.25) is 0 Å². The predicted molar refractivity (Wildman–Crippen MR) is 105 cm³/mol. The van der Waals surface area contributed by atoms with Crippen molar-refractivity contribution in [1.29, 1.82) is 0 Å². The molecule has 0 N–H and O–H groups in total. The zero-order valence-corrected chi connectivity index (χ0v) is 15.6. The molecule has 0 unspecified atom stereocenters. The maximum absolute atomic E-state index is 12.6. The van der Waals surface area contributed by atoms with E-state index in [1.807, 2.05) is 36.4 Å². The molecule has 7 heteroatoms. The molecule has 0 atom stereocenters. The highest BCUT2D eigenvalue weighted by Crippen LogP contribution is 2.19. The molecule has 0 spiro atoms. The van der Waals surface area contributed by atoms with Gasteiger partial charge in [0.05, 0.1) is 24.6 Å². The van der Waals surface area contributed by atoms with E-state index < -0.39 is 0 Å². The topological polar surface area (TPSA) is 63.5 Å². The summed E-state index contributed by atoms with van der Waals surface area (Å²) >= 11 is 0. The molecular weight excluding hydrogens is 342 g/mol. The Morgan fingerprint density at radius 1 is 1.11 bits per heavy atom. The Labute approximate surface area is 157 Å². The van der Waals surface area contributed by atoms with E-state index in [2.05, 4.69) is 14.8 Å². The Balaban J connectivity index is 1.47. The average Bonchev–Trinajstić information content (AvgIpc) is 2.72. The van der Waals surface area contributed by atoms with Gasteiger partial charge in [-0.2, -0.15) is 0 Å². The predicted octanol–water partition coefficient (Wildman–Crippen LogP) is 1.66. The first-order valence-electron chi connectivity index (χ1n) is 9.07. The van der Waals surface area contributed by atoms with Crippen LogP contribution in [0.1, 0.15) is 5.82 Å². The first-order valence-corrected chi connectivity index (χ1v) is 9.07. The largest absolute Gasteiger partial charge is 0.497 e. The first kappa shape index (κ1) is 17.5. The van der Waals surface area contributed by atoms with E-state index in [0.29, 0.717) is 11.9 Å². The lowest BCUT2D eigenvalue weighted by Gasteiger charge is -2.35. The van der Waals surface area contributed by atoms with E-state index >= 15 is 0 Å². The molecule has 7 nitrogen and oxygen atoms in total. The van der Waals surface area contributed by atoms with Crippen molar-refractivity contribution in [3.63, 3.8) is 0 Å². The summed E-state index contributed by atoms with van der Waals surface area (Å²) in [7, 11) is 3.46. The minimum atomic E-state index is 0.00909. The molecule has 1 aliphatic rings. The summed E-state index contributed by atoms with van der Waals surface area (Å²) in [6.07, 6.45) is 1.77. The molecule has 27 heavy (non-hydrogen) atoms. The lowest BCUT2D eigenvalue weighted by Crippen LogP contribution is -2.46. The van der Waals surface area contributed by atoms with Crippen LogP contribution in [0, 0.1) is 0 Å². The fourth-order valence-electron chi connectivity index (χ4n) is 3.44. The van der Waals surface area contributed by atoms with Crippen LogP contribution in [0.3, 0.4) is 0 Å². The normalized spacial score (nSPS) is 15.3. The molecule has 0 aliphatic carbocycles. The second-order valence-corrected chi connectivity index (χ2v) is 6.73. The maximum atomic E-state index is 12.6. The van der Waals surface area contributed by atoms with Crippen molar-refractivity contribution in [2.24, 2.45) is 7.05 Å². The number of hydrogen-bond donors (Lipinski definition) is 0. The third-order valence-electron chi connectivity index (χ3n) is 5.09. The molecule has 1 fully saturated rings. The second kappa shape index (κ2) is 7.36. The van der Waals surface area contributed by atoms with Gasteiger partial charge in [0.1, 0.15) is 17.4 Å². The quantitative estimate of drug-likeness (QED) is 0.701. The SMILES string of the molecule is COc1ccnc(N2CCN(Cc3nc4ccccc4c(=O)n3C)CC2)c1. The lowest BCUT2D eigenvalue weighted by atomic mass is 10.2. The van der Waals surface area contributed by atoms with Gasteiger partial charge in [0.15, 0.2) is 0 Å². The van der Waals surface area contributed by atoms with Crippen LogP contribution >= 0.6 is 0 Å². The minimum absolute atomic E-state index is 0.00909. The molecule has 1 saturated heterocycles. The number of anilines is 1. The number of pyridine rings is 1. The van der Waals surface area contributed by atoms with Crippen LogP contribution in [0.25, 0.3) is 10.9 Å². The average molecular weight is 365 g/mol. The van der Waals surface area contributed by atoms with Crippen molar-refractivity contribution in [1.82, 2.24) is 19.4 Å². The number of fused-ring (bicyclic) bond motifs is 1. The Kier molecular flexibility index (Phi) is 4.77. The highest BCUT2D eigenvalue weighted by Gasteiger charge is 2.20. The van der Waals surface area contributed by atoms with Gasteiger partial charge in [0, 0.05) is 45.5 Å². The highest BCUT2D eigenvalue weighted by atomic mass is 16.5. The van der Waals surface area contributed by atoms with Gasteiger partial charge >= 0.3 is 0 Å². The van der Waals surface area contributed by atoms with E-state index in [-0.39, 0.29) is 5.56 Å². The van der Waals surface area contributed by atoms with E-state index in [1.165, 1.54) is 0 Å². The molecule has 1 aliphatic heterocycles. The third kappa shape index (κ3) is 3.50. The van der Waals surface area contributed by atoms with Gasteiger partial charge in [-0.3, -0.25) is 14.3 Å². The van der Waals surface area contributed by atoms with Crippen LogP contribution in [0.4, 0.5) is 5.82 Å². The summed E-state index contributed by atoms with van der Waals surface area (Å²) in [5, 5.41) is 0.665. The van der Waals surface area contributed by atoms with Crippen molar-refractivity contribution in [3.8, 4) is 5.75 Å². The molecule has 3 heterocycles. The fourth-order valence-corrected chi connectivity index (χ4v) is 3.44. The molecule has 0 bridgehead atoms. The van der Waals surface area contributed by atoms with E-state index in [9.17, 15) is 4.79 Å². The van der Waals surface area contributed by atoms with Crippen molar-refractivity contribution < 1.29 is 4.74 Å². The summed E-state index contributed by atoms with van der Waals surface area (Å²) in [6.45, 7) is 4.20. The van der Waals surface area contributed by atoms with Crippen molar-refractivity contribution in [2.45, 2.75) is 6.54 Å². The van der Waals surface area contributed by atoms with Gasteiger partial charge < -0.3 is 9.64 Å². The molecule has 0 amide bonds. The minimum Gasteiger partial charge on any atom is -0.497 e. The number of hydrogen-bond acceptors (Lipinski definition) is 6. The monoisotopic (exact) mass is 365 g/mol. The van der Waals surface area contributed by atoms with Crippen molar-refractivity contribution in [2.75, 3.05) is 38.2 Å². The molecule has 1 aromatic carbocycles. The Morgan fingerprint density at radius 3 is 2.67 bits per heavy atom. The number of rotatable bonds is 4. The van der Waals surface area contributed by atoms with Crippen LogP contribution in [-0.4, -0.2) is 52.7 Å². The van der Waals surface area contributed by atoms with Gasteiger partial charge in [-0.15, -0.1) is 0 Å². The number of nitrogens with zero attached hydrogens (tertiary/aromatic N) is 5. The number of methoxy groups -OCH3 is 1. The smallest absolute Gasteiger partial charge is 0.261 e. The molecule has 3 aromatic rings. The Bertz CT molecular complexity index is 1010. The third-order valence-corrected chi connectivity index (χ3v) is 5.09. The molecule has 140 valence electrons. The van der Waals surface area contributed by atoms with E-state index in [1.54, 1.807) is 24.9 Å². The summed E-state index contributed by atoms with van der Waals surface area (Å²) in [6, 6.07) is 11.3. The zero-order valence-electron chi connectivity index (χ0n) is 15.6. The molecule has 0 radical (unpaired) electrons. The van der Waals surface area contributed by atoms with E-state index in [4.69, 9.17) is 9.72 Å². The van der Waals surface area contributed by atoms with Crippen LogP contribution in [-0.2, 0) is 13.6 Å². The standard InChI is InChI=1S/C20H23N5O2/c1-23-19(22-17-6-4-3-5-16(17)20(23)26)14-24-9-11-25(12-10-24)18-13-15(27-2)7-8-21-18/h3-8,13H,9-12,14H2,1-2H3. The summed E-state index contributed by atoms with van der Waals surface area (Å²) in [5.41, 5.74) is 0.768. The Hall–Kier alpha value is -2.93. The summed E-state index contributed by atoms with van der Waals surface area (Å²) in [4.78, 5) is 26.3. The van der Waals surface area contributed by atoms with Crippen LogP contribution in [0.2, 0.25) is 0 Å². The summed E-state index contributed by atoms with van der Waals surface area (Å²) < 4.78 is 6.95. The lowest BCUT2D eigenvalue weighted by molar-refractivity contribution is 0.240. The number of piperazine rings is 1. The van der Waals surface area contributed by atoms with Crippen LogP contribution in [0.15, 0.2) is 47.4 Å². The van der Waals surface area contributed by atoms with Gasteiger partial charge in [0.25, 0.3) is 5.56 Å². The Morgan fingerprint density at radius 2 is 1.89 bits per heavy atom. The number of para-hydroxylation sites is 1. The number of benzene rings is 1. The zero-order chi connectivity index (χ0) is 18.8. The molecule has 0 saturated carbocycles. The molecular formula is C20H23N5O2. The number of ether oxygens (including phenoxy) is 1. The molecule has 4 rings (SSSR count). The van der Waals surface area contributed by atoms with Crippen molar-refractivity contribution in [3.05, 3.63) is 58.8 Å². The van der Waals surface area contributed by atoms with Crippen LogP contribution < -0.4 is 15.2 Å². The first-order chi connectivity index (χ1) is 13.2. The fraction of sp³-hybridized carbons (Fsp3) is 0.350. The van der Waals surface area contributed by atoms with Gasteiger partial charge in [-0.1, -0.05) is 12.1 Å². The number of aromatic nitrogens is 3. The van der Waals surface area contributed by atoms with Gasteiger partial charge in [-0.05, 0) is 18.2 Å². The van der Waals surface area contributed by atoms with Crippen molar-refractivity contribution >= 4 is 16.7 Å².